The van der Waals surface area contributed by atoms with Gasteiger partial charge in [0.05, 0.1) is 11.6 Å². The molecule has 0 saturated heterocycles. The summed E-state index contributed by atoms with van der Waals surface area (Å²) in [6.07, 6.45) is 3.56. The summed E-state index contributed by atoms with van der Waals surface area (Å²) in [5.74, 6) is 1.81. The number of thiophene rings is 1. The first kappa shape index (κ1) is 14.4. The van der Waals surface area contributed by atoms with E-state index in [9.17, 15) is 0 Å². The molecule has 0 aliphatic heterocycles. The number of aryl methyl sites for hydroxylation is 2. The number of halogens is 1. The fraction of sp³-hybridized carbons (Fsp3) is 0.333. The average Bonchev–Trinajstić information content (AvgIpc) is 3.04. The molecule has 1 atom stereocenters. The summed E-state index contributed by atoms with van der Waals surface area (Å²) in [7, 11) is 0. The van der Waals surface area contributed by atoms with Gasteiger partial charge in [0.25, 0.3) is 0 Å². The van der Waals surface area contributed by atoms with Gasteiger partial charge in [0.15, 0.2) is 0 Å². The zero-order chi connectivity index (χ0) is 14.8. The van der Waals surface area contributed by atoms with Gasteiger partial charge >= 0.3 is 0 Å². The van der Waals surface area contributed by atoms with Gasteiger partial charge in [0.2, 0.25) is 5.28 Å². The quantitative estimate of drug-likeness (QED) is 0.693. The summed E-state index contributed by atoms with van der Waals surface area (Å²) >= 11 is 7.63. The van der Waals surface area contributed by atoms with E-state index in [-0.39, 0.29) is 11.3 Å². The highest BCUT2D eigenvalue weighted by Crippen LogP contribution is 2.30. The van der Waals surface area contributed by atoms with Crippen LogP contribution in [-0.2, 0) is 6.42 Å². The van der Waals surface area contributed by atoms with Gasteiger partial charge in [-0.1, -0.05) is 0 Å². The molecular formula is C15H16ClN3OS. The van der Waals surface area contributed by atoms with Crippen molar-refractivity contribution in [3.05, 3.63) is 40.4 Å². The minimum atomic E-state index is 0.268. The van der Waals surface area contributed by atoms with Crippen LogP contribution in [0.5, 0.6) is 0 Å². The molecule has 3 aromatic rings. The number of furan rings is 1. The lowest BCUT2D eigenvalue weighted by Crippen LogP contribution is -2.17. The Hall–Kier alpha value is -1.59. The third-order valence-electron chi connectivity index (χ3n) is 3.28. The SMILES string of the molecule is Cc1cc2c(NC(C)CCc3ccco3)nc(Cl)nc2s1. The normalized spacial score (nSPS) is 12.7. The highest BCUT2D eigenvalue weighted by atomic mass is 35.5. The molecule has 0 aromatic carbocycles. The van der Waals surface area contributed by atoms with Gasteiger partial charge in [-0.05, 0) is 50.1 Å². The molecule has 6 heteroatoms. The number of hydrogen-bond donors (Lipinski definition) is 1. The first-order valence-electron chi connectivity index (χ1n) is 6.84. The minimum Gasteiger partial charge on any atom is -0.469 e. The molecule has 3 aromatic heterocycles. The Morgan fingerprint density at radius 3 is 3.05 bits per heavy atom. The second-order valence-corrected chi connectivity index (χ2v) is 6.65. The summed E-state index contributed by atoms with van der Waals surface area (Å²) in [6.45, 7) is 4.19. The fourth-order valence-corrected chi connectivity index (χ4v) is 3.34. The zero-order valence-corrected chi connectivity index (χ0v) is 13.5. The van der Waals surface area contributed by atoms with E-state index < -0.39 is 0 Å². The first-order valence-corrected chi connectivity index (χ1v) is 8.04. The van der Waals surface area contributed by atoms with Crippen molar-refractivity contribution in [1.82, 2.24) is 9.97 Å². The van der Waals surface area contributed by atoms with Crippen molar-refractivity contribution in [2.75, 3.05) is 5.32 Å². The largest absolute Gasteiger partial charge is 0.469 e. The van der Waals surface area contributed by atoms with Crippen LogP contribution in [0.3, 0.4) is 0 Å². The summed E-state index contributed by atoms with van der Waals surface area (Å²) < 4.78 is 5.35. The van der Waals surface area contributed by atoms with E-state index in [0.717, 1.165) is 34.6 Å². The van der Waals surface area contributed by atoms with E-state index in [2.05, 4.69) is 35.2 Å². The summed E-state index contributed by atoms with van der Waals surface area (Å²) in [5, 5.41) is 4.75. The maximum Gasteiger partial charge on any atom is 0.225 e. The average molecular weight is 322 g/mol. The van der Waals surface area contributed by atoms with E-state index in [1.165, 1.54) is 4.88 Å². The van der Waals surface area contributed by atoms with Crippen LogP contribution in [0.25, 0.3) is 10.2 Å². The Morgan fingerprint density at radius 2 is 2.29 bits per heavy atom. The van der Waals surface area contributed by atoms with Crippen molar-refractivity contribution in [2.45, 2.75) is 32.7 Å². The van der Waals surface area contributed by atoms with E-state index >= 15 is 0 Å². The van der Waals surface area contributed by atoms with E-state index in [1.54, 1.807) is 17.6 Å². The van der Waals surface area contributed by atoms with Gasteiger partial charge < -0.3 is 9.73 Å². The van der Waals surface area contributed by atoms with Crippen LogP contribution in [-0.4, -0.2) is 16.0 Å². The number of nitrogens with one attached hydrogen (secondary N) is 1. The van der Waals surface area contributed by atoms with Crippen LogP contribution in [0.4, 0.5) is 5.82 Å². The van der Waals surface area contributed by atoms with E-state index in [0.29, 0.717) is 0 Å². The summed E-state index contributed by atoms with van der Waals surface area (Å²) in [4.78, 5) is 10.7. The van der Waals surface area contributed by atoms with Gasteiger partial charge in [-0.15, -0.1) is 11.3 Å². The predicted molar refractivity (Wildman–Crippen MR) is 87.3 cm³/mol. The third-order valence-corrected chi connectivity index (χ3v) is 4.39. The van der Waals surface area contributed by atoms with Crippen molar-refractivity contribution >= 4 is 39.0 Å². The lowest BCUT2D eigenvalue weighted by Gasteiger charge is -2.14. The van der Waals surface area contributed by atoms with Gasteiger partial charge in [0.1, 0.15) is 16.4 Å². The number of aromatic nitrogens is 2. The highest BCUT2D eigenvalue weighted by molar-refractivity contribution is 7.18. The summed E-state index contributed by atoms with van der Waals surface area (Å²) in [6, 6.07) is 6.27. The number of rotatable bonds is 5. The lowest BCUT2D eigenvalue weighted by atomic mass is 10.1. The molecular weight excluding hydrogens is 306 g/mol. The monoisotopic (exact) mass is 321 g/mol. The molecule has 0 fully saturated rings. The Labute approximate surface area is 132 Å². The van der Waals surface area contributed by atoms with Crippen LogP contribution >= 0.6 is 22.9 Å². The predicted octanol–water partition coefficient (Wildman–Crippen LogP) is 4.68. The Bertz CT molecular complexity index is 739. The Morgan fingerprint density at radius 1 is 1.43 bits per heavy atom. The minimum absolute atomic E-state index is 0.268. The molecule has 0 saturated carbocycles. The van der Waals surface area contributed by atoms with E-state index in [1.807, 2.05) is 12.1 Å². The third kappa shape index (κ3) is 3.36. The number of anilines is 1. The zero-order valence-electron chi connectivity index (χ0n) is 11.9. The van der Waals surface area contributed by atoms with Crippen LogP contribution in [0, 0.1) is 6.92 Å². The molecule has 3 heterocycles. The Kier molecular flexibility index (Phi) is 4.12. The molecule has 3 rings (SSSR count). The topological polar surface area (TPSA) is 51.0 Å². The number of fused-ring (bicyclic) bond motifs is 1. The van der Waals surface area contributed by atoms with Crippen molar-refractivity contribution in [3.8, 4) is 0 Å². The van der Waals surface area contributed by atoms with Gasteiger partial charge in [-0.2, -0.15) is 0 Å². The van der Waals surface area contributed by atoms with Crippen LogP contribution in [0.2, 0.25) is 5.28 Å². The summed E-state index contributed by atoms with van der Waals surface area (Å²) in [5.41, 5.74) is 0. The van der Waals surface area contributed by atoms with Gasteiger partial charge in [0, 0.05) is 17.3 Å². The molecule has 21 heavy (non-hydrogen) atoms. The maximum absolute atomic E-state index is 6.00. The lowest BCUT2D eigenvalue weighted by molar-refractivity contribution is 0.495. The van der Waals surface area contributed by atoms with Crippen molar-refractivity contribution in [2.24, 2.45) is 0 Å². The van der Waals surface area contributed by atoms with Gasteiger partial charge in [-0.25, -0.2) is 9.97 Å². The molecule has 0 spiro atoms. The van der Waals surface area contributed by atoms with Crippen LogP contribution in [0.1, 0.15) is 24.0 Å². The molecule has 1 N–H and O–H groups in total. The molecule has 110 valence electrons. The first-order chi connectivity index (χ1) is 10.1. The smallest absolute Gasteiger partial charge is 0.225 e. The highest BCUT2D eigenvalue weighted by Gasteiger charge is 2.12. The van der Waals surface area contributed by atoms with Crippen molar-refractivity contribution in [1.29, 1.82) is 0 Å². The van der Waals surface area contributed by atoms with Gasteiger partial charge in [-0.3, -0.25) is 0 Å². The molecule has 0 aliphatic rings. The molecule has 0 radical (unpaired) electrons. The fourth-order valence-electron chi connectivity index (χ4n) is 2.25. The molecule has 0 bridgehead atoms. The molecule has 0 aliphatic carbocycles. The number of nitrogens with zero attached hydrogens (tertiary/aromatic N) is 2. The van der Waals surface area contributed by atoms with E-state index in [4.69, 9.17) is 16.0 Å². The molecule has 1 unspecified atom stereocenters. The molecule has 4 nitrogen and oxygen atoms in total. The van der Waals surface area contributed by atoms with Crippen molar-refractivity contribution in [3.63, 3.8) is 0 Å². The standard InChI is InChI=1S/C15H16ClN3OS/c1-9(5-6-11-4-3-7-20-11)17-13-12-8-10(2)21-14(12)19-15(16)18-13/h3-4,7-9H,5-6H2,1-2H3,(H,17,18,19). The van der Waals surface area contributed by atoms with Crippen LogP contribution < -0.4 is 5.32 Å². The molecule has 0 amide bonds. The maximum atomic E-state index is 6.00. The number of hydrogen-bond acceptors (Lipinski definition) is 5. The second kappa shape index (κ2) is 6.03. The van der Waals surface area contributed by atoms with Crippen LogP contribution in [0.15, 0.2) is 28.9 Å². The van der Waals surface area contributed by atoms with Crippen molar-refractivity contribution < 1.29 is 4.42 Å². The Balaban J connectivity index is 1.74. The second-order valence-electron chi connectivity index (χ2n) is 5.08.